The van der Waals surface area contributed by atoms with Crippen molar-refractivity contribution in [3.8, 4) is 0 Å². The highest BCUT2D eigenvalue weighted by atomic mass is 16.4. The number of hydrogen-bond acceptors (Lipinski definition) is 2. The van der Waals surface area contributed by atoms with Gasteiger partial charge < -0.3 is 10.8 Å². The lowest BCUT2D eigenvalue weighted by atomic mass is 9.98. The zero-order valence-corrected chi connectivity index (χ0v) is 6.92. The monoisotopic (exact) mass is 167 g/mol. The molecule has 0 heterocycles. The van der Waals surface area contributed by atoms with Gasteiger partial charge in [0, 0.05) is 6.04 Å². The fourth-order valence-corrected chi connectivity index (χ4v) is 1.67. The molecule has 0 aromatic carbocycles. The van der Waals surface area contributed by atoms with Crippen LogP contribution in [-0.2, 0) is 4.79 Å². The lowest BCUT2D eigenvalue weighted by Gasteiger charge is -2.07. The smallest absolute Gasteiger partial charge is 0.339 e. The minimum absolute atomic E-state index is 0.0648. The largest absolute Gasteiger partial charge is 0.477 e. The molecule has 0 aliphatic heterocycles. The highest BCUT2D eigenvalue weighted by Crippen LogP contribution is 2.29. The number of aliphatic carboxylic acids is 1. The molecule has 1 aliphatic carbocycles. The molecule has 1 fully saturated rings. The Labute approximate surface area is 71.6 Å². The normalized spacial score (nSPS) is 28.1. The second-order valence-electron chi connectivity index (χ2n) is 3.17. The SMILES string of the molecule is C=C=C(C(=O)O)C1CCC(N)C1. The Morgan fingerprint density at radius 3 is 2.58 bits per heavy atom. The molecule has 0 radical (unpaired) electrons. The van der Waals surface area contributed by atoms with E-state index in [1.807, 2.05) is 0 Å². The van der Waals surface area contributed by atoms with E-state index in [1.54, 1.807) is 0 Å². The van der Waals surface area contributed by atoms with E-state index in [4.69, 9.17) is 10.8 Å². The van der Waals surface area contributed by atoms with Crippen LogP contribution in [0, 0.1) is 5.92 Å². The fraction of sp³-hybridized carbons (Fsp3) is 0.556. The van der Waals surface area contributed by atoms with E-state index in [0.29, 0.717) is 5.57 Å². The molecule has 0 spiro atoms. The Balaban J connectivity index is 2.70. The van der Waals surface area contributed by atoms with Crippen molar-refractivity contribution in [2.75, 3.05) is 0 Å². The van der Waals surface area contributed by atoms with Gasteiger partial charge in [0.25, 0.3) is 0 Å². The lowest BCUT2D eigenvalue weighted by molar-refractivity contribution is -0.133. The molecule has 0 bridgehead atoms. The number of carbonyl (C=O) groups is 1. The van der Waals surface area contributed by atoms with Gasteiger partial charge in [0.15, 0.2) is 0 Å². The van der Waals surface area contributed by atoms with Gasteiger partial charge in [0.05, 0.1) is 5.57 Å². The highest BCUT2D eigenvalue weighted by molar-refractivity contribution is 5.86. The van der Waals surface area contributed by atoms with Gasteiger partial charge in [-0.15, -0.1) is 5.73 Å². The molecule has 3 heteroatoms. The fourth-order valence-electron chi connectivity index (χ4n) is 1.67. The first-order chi connectivity index (χ1) is 5.65. The maximum atomic E-state index is 10.6. The van der Waals surface area contributed by atoms with E-state index in [0.717, 1.165) is 19.3 Å². The summed E-state index contributed by atoms with van der Waals surface area (Å²) in [4.78, 5) is 10.6. The molecule has 0 amide bonds. The first-order valence-corrected chi connectivity index (χ1v) is 4.04. The molecule has 2 atom stereocenters. The predicted molar refractivity (Wildman–Crippen MR) is 45.6 cm³/mol. The zero-order chi connectivity index (χ0) is 9.14. The van der Waals surface area contributed by atoms with Gasteiger partial charge in [-0.2, -0.15) is 0 Å². The number of nitrogens with two attached hydrogens (primary N) is 1. The van der Waals surface area contributed by atoms with Crippen LogP contribution in [-0.4, -0.2) is 17.1 Å². The van der Waals surface area contributed by atoms with Crippen molar-refractivity contribution in [3.05, 3.63) is 17.9 Å². The number of rotatable bonds is 2. The lowest BCUT2D eigenvalue weighted by Crippen LogP contribution is -2.16. The summed E-state index contributed by atoms with van der Waals surface area (Å²) < 4.78 is 0. The molecule has 1 saturated carbocycles. The van der Waals surface area contributed by atoms with Gasteiger partial charge in [-0.1, -0.05) is 6.58 Å². The van der Waals surface area contributed by atoms with Gasteiger partial charge in [-0.3, -0.25) is 0 Å². The number of carboxylic acid groups (broad SMARTS) is 1. The Morgan fingerprint density at radius 2 is 2.25 bits per heavy atom. The maximum absolute atomic E-state index is 10.6. The van der Waals surface area contributed by atoms with Crippen LogP contribution in [0.1, 0.15) is 19.3 Å². The first-order valence-electron chi connectivity index (χ1n) is 4.04. The standard InChI is InChI=1S/C9H13NO2/c1-2-8(9(11)12)6-3-4-7(10)5-6/h6-7H,1,3-5,10H2,(H,11,12). The van der Waals surface area contributed by atoms with Crippen LogP contribution < -0.4 is 5.73 Å². The Kier molecular flexibility index (Phi) is 2.69. The summed E-state index contributed by atoms with van der Waals surface area (Å²) in [6.07, 6.45) is 2.51. The summed E-state index contributed by atoms with van der Waals surface area (Å²) in [6.45, 7) is 3.37. The molecular weight excluding hydrogens is 154 g/mol. The molecular formula is C9H13NO2. The third-order valence-corrected chi connectivity index (χ3v) is 2.30. The van der Waals surface area contributed by atoms with Gasteiger partial charge in [-0.05, 0) is 25.2 Å². The van der Waals surface area contributed by atoms with Crippen molar-refractivity contribution in [1.29, 1.82) is 0 Å². The molecule has 1 rings (SSSR count). The van der Waals surface area contributed by atoms with Crippen LogP contribution >= 0.6 is 0 Å². The summed E-state index contributed by atoms with van der Waals surface area (Å²) in [7, 11) is 0. The van der Waals surface area contributed by atoms with E-state index >= 15 is 0 Å². The predicted octanol–water partition coefficient (Wildman–Crippen LogP) is 0.910. The molecule has 12 heavy (non-hydrogen) atoms. The van der Waals surface area contributed by atoms with Gasteiger partial charge >= 0.3 is 5.97 Å². The minimum Gasteiger partial charge on any atom is -0.477 e. The maximum Gasteiger partial charge on any atom is 0.339 e. The van der Waals surface area contributed by atoms with Crippen molar-refractivity contribution in [2.24, 2.45) is 11.7 Å². The van der Waals surface area contributed by atoms with Crippen molar-refractivity contribution >= 4 is 5.97 Å². The van der Waals surface area contributed by atoms with Crippen molar-refractivity contribution in [1.82, 2.24) is 0 Å². The van der Waals surface area contributed by atoms with Crippen molar-refractivity contribution < 1.29 is 9.90 Å². The second-order valence-corrected chi connectivity index (χ2v) is 3.17. The quantitative estimate of drug-likeness (QED) is 0.474. The van der Waals surface area contributed by atoms with Crippen LogP contribution in [0.3, 0.4) is 0 Å². The van der Waals surface area contributed by atoms with Crippen LogP contribution in [0.4, 0.5) is 0 Å². The van der Waals surface area contributed by atoms with E-state index in [2.05, 4.69) is 12.3 Å². The molecule has 1 aliphatic rings. The average Bonchev–Trinajstić information content (AvgIpc) is 2.37. The molecule has 0 aromatic heterocycles. The van der Waals surface area contributed by atoms with Gasteiger partial charge in [0.2, 0.25) is 0 Å². The summed E-state index contributed by atoms with van der Waals surface area (Å²) in [5.74, 6) is -0.848. The zero-order valence-electron chi connectivity index (χ0n) is 6.92. The van der Waals surface area contributed by atoms with Crippen molar-refractivity contribution in [2.45, 2.75) is 25.3 Å². The van der Waals surface area contributed by atoms with Crippen LogP contribution in [0.15, 0.2) is 17.9 Å². The Bertz CT molecular complexity index is 241. The van der Waals surface area contributed by atoms with Crippen LogP contribution in [0.2, 0.25) is 0 Å². The molecule has 0 aromatic rings. The third kappa shape index (κ3) is 1.76. The topological polar surface area (TPSA) is 63.3 Å². The average molecular weight is 167 g/mol. The highest BCUT2D eigenvalue weighted by Gasteiger charge is 2.27. The molecule has 3 nitrogen and oxygen atoms in total. The van der Waals surface area contributed by atoms with E-state index in [-0.39, 0.29) is 12.0 Å². The van der Waals surface area contributed by atoms with Gasteiger partial charge in [-0.25, -0.2) is 4.79 Å². The second kappa shape index (κ2) is 3.57. The van der Waals surface area contributed by atoms with E-state index < -0.39 is 5.97 Å². The molecule has 2 unspecified atom stereocenters. The summed E-state index contributed by atoms with van der Waals surface area (Å²) in [6, 6.07) is 0.151. The number of hydrogen-bond donors (Lipinski definition) is 2. The first kappa shape index (κ1) is 9.04. The molecule has 66 valence electrons. The minimum atomic E-state index is -0.913. The van der Waals surface area contributed by atoms with E-state index in [1.165, 1.54) is 0 Å². The Morgan fingerprint density at radius 1 is 1.58 bits per heavy atom. The van der Waals surface area contributed by atoms with Gasteiger partial charge in [0.1, 0.15) is 0 Å². The molecule has 0 saturated heterocycles. The van der Waals surface area contributed by atoms with E-state index in [9.17, 15) is 4.79 Å². The summed E-state index contributed by atoms with van der Waals surface area (Å²) in [5.41, 5.74) is 8.43. The molecule has 3 N–H and O–H groups in total. The van der Waals surface area contributed by atoms with Crippen LogP contribution in [0.5, 0.6) is 0 Å². The summed E-state index contributed by atoms with van der Waals surface area (Å²) in [5, 5.41) is 8.74. The summed E-state index contributed by atoms with van der Waals surface area (Å²) >= 11 is 0. The Hall–Kier alpha value is -1.05. The third-order valence-electron chi connectivity index (χ3n) is 2.30. The number of carboxylic acids is 1. The van der Waals surface area contributed by atoms with Crippen LogP contribution in [0.25, 0.3) is 0 Å². The van der Waals surface area contributed by atoms with Crippen molar-refractivity contribution in [3.63, 3.8) is 0 Å².